The van der Waals surface area contributed by atoms with Crippen LogP contribution in [-0.4, -0.2) is 84.4 Å². The van der Waals surface area contributed by atoms with Crippen LogP contribution < -0.4 is 10.6 Å². The molecule has 4 rings (SSSR count). The van der Waals surface area contributed by atoms with Crippen molar-refractivity contribution in [3.8, 4) is 0 Å². The summed E-state index contributed by atoms with van der Waals surface area (Å²) in [6, 6.07) is 9.82. The Morgan fingerprint density at radius 1 is 0.891 bits per heavy atom. The van der Waals surface area contributed by atoms with Gasteiger partial charge in [-0.25, -0.2) is 9.18 Å². The molecule has 46 heavy (non-hydrogen) atoms. The lowest BCUT2D eigenvalue weighted by Crippen LogP contribution is -2.53. The van der Waals surface area contributed by atoms with Gasteiger partial charge in [-0.1, -0.05) is 24.3 Å². The number of halogens is 7. The second kappa shape index (κ2) is 13.7. The van der Waals surface area contributed by atoms with E-state index < -0.39 is 41.3 Å². The van der Waals surface area contributed by atoms with Crippen LogP contribution in [0.25, 0.3) is 0 Å². The molecule has 1 fully saturated rings. The lowest BCUT2D eigenvalue weighted by atomic mass is 9.91. The first-order valence-electron chi connectivity index (χ1n) is 14.0. The highest BCUT2D eigenvalue weighted by Crippen LogP contribution is 2.50. The Morgan fingerprint density at radius 2 is 1.50 bits per heavy atom. The molecule has 1 aliphatic heterocycles. The molecule has 1 saturated heterocycles. The fourth-order valence-corrected chi connectivity index (χ4v) is 4.89. The third-order valence-corrected chi connectivity index (χ3v) is 7.33. The molecule has 2 heterocycles. The molecule has 0 unspecified atom stereocenters. The largest absolute Gasteiger partial charge is 0.463 e. The molecule has 1 aromatic heterocycles. The van der Waals surface area contributed by atoms with Gasteiger partial charge in [0.15, 0.2) is 0 Å². The van der Waals surface area contributed by atoms with Crippen LogP contribution in [0.2, 0.25) is 0 Å². The summed E-state index contributed by atoms with van der Waals surface area (Å²) in [6.45, 7) is 1.96. The number of amides is 3. The first kappa shape index (κ1) is 34.7. The van der Waals surface area contributed by atoms with Crippen LogP contribution in [0.3, 0.4) is 0 Å². The Bertz CT molecular complexity index is 1500. The summed E-state index contributed by atoms with van der Waals surface area (Å²) in [7, 11) is 3.78. The molecule has 2 aromatic carbocycles. The molecule has 0 bridgehead atoms. The minimum Gasteiger partial charge on any atom is -0.463 e. The van der Waals surface area contributed by atoms with Crippen molar-refractivity contribution in [3.63, 3.8) is 0 Å². The third-order valence-electron chi connectivity index (χ3n) is 7.33. The summed E-state index contributed by atoms with van der Waals surface area (Å²) in [4.78, 5) is 30.5. The standard InChI is InChI=1S/C30H32F7N5O4/c1-40(2)18-23-9-8-22(46-23)16-38-27(44)39-25-10-5-20(15-24(25)31)26(43)42-13-11-41(12-14-42)17-19-3-6-21(7-4-19)28(45,29(32,33)34)30(35,36)37/h3-10,15,45H,11-14,16-18H2,1-2H3,(H2,38,39,44). The number of nitrogens with one attached hydrogen (secondary N) is 2. The summed E-state index contributed by atoms with van der Waals surface area (Å²) in [5.41, 5.74) is -6.02. The van der Waals surface area contributed by atoms with E-state index in [2.05, 4.69) is 10.6 Å². The molecular formula is C30H32F7N5O4. The number of hydrogen-bond donors (Lipinski definition) is 3. The van der Waals surface area contributed by atoms with Gasteiger partial charge in [0.25, 0.3) is 11.5 Å². The molecule has 16 heteroatoms. The van der Waals surface area contributed by atoms with Gasteiger partial charge in [0.2, 0.25) is 0 Å². The number of carbonyl (C=O) groups is 2. The van der Waals surface area contributed by atoms with Crippen molar-refractivity contribution < 1.29 is 49.8 Å². The van der Waals surface area contributed by atoms with E-state index in [-0.39, 0.29) is 37.4 Å². The Hall–Kier alpha value is -4.15. The summed E-state index contributed by atoms with van der Waals surface area (Å²) in [5.74, 6) is -0.0355. The van der Waals surface area contributed by atoms with E-state index in [9.17, 15) is 45.4 Å². The van der Waals surface area contributed by atoms with E-state index in [4.69, 9.17) is 4.42 Å². The summed E-state index contributed by atoms with van der Waals surface area (Å²) in [5, 5.41) is 14.5. The Morgan fingerprint density at radius 3 is 2.07 bits per heavy atom. The van der Waals surface area contributed by atoms with Crippen molar-refractivity contribution in [3.05, 3.63) is 88.6 Å². The molecule has 0 saturated carbocycles. The van der Waals surface area contributed by atoms with E-state index in [0.29, 0.717) is 43.1 Å². The zero-order valence-corrected chi connectivity index (χ0v) is 24.8. The van der Waals surface area contributed by atoms with Gasteiger partial charge >= 0.3 is 18.4 Å². The molecule has 9 nitrogen and oxygen atoms in total. The van der Waals surface area contributed by atoms with Gasteiger partial charge in [0.1, 0.15) is 17.3 Å². The first-order valence-corrected chi connectivity index (χ1v) is 14.0. The molecule has 0 atom stereocenters. The van der Waals surface area contributed by atoms with Gasteiger partial charge in [-0.2, -0.15) is 26.3 Å². The minimum absolute atomic E-state index is 0.0540. The Labute approximate surface area is 259 Å². The summed E-state index contributed by atoms with van der Waals surface area (Å²) < 4.78 is 99.2. The van der Waals surface area contributed by atoms with E-state index in [1.165, 1.54) is 17.0 Å². The predicted octanol–water partition coefficient (Wildman–Crippen LogP) is 5.07. The lowest BCUT2D eigenvalue weighted by molar-refractivity contribution is -0.376. The number of benzene rings is 2. The number of nitrogens with zero attached hydrogens (tertiary/aromatic N) is 3. The van der Waals surface area contributed by atoms with Crippen LogP contribution in [0.4, 0.5) is 41.2 Å². The second-order valence-corrected chi connectivity index (χ2v) is 11.1. The topological polar surface area (TPSA) is 101 Å². The van der Waals surface area contributed by atoms with Crippen LogP contribution in [-0.2, 0) is 25.2 Å². The van der Waals surface area contributed by atoms with E-state index in [0.717, 1.165) is 24.0 Å². The number of anilines is 1. The van der Waals surface area contributed by atoms with Gasteiger partial charge in [-0.3, -0.25) is 9.69 Å². The molecule has 3 N–H and O–H groups in total. The molecule has 0 aliphatic carbocycles. The maximum absolute atomic E-state index is 14.8. The number of urea groups is 1. The van der Waals surface area contributed by atoms with E-state index >= 15 is 0 Å². The van der Waals surface area contributed by atoms with Crippen LogP contribution >= 0.6 is 0 Å². The number of carbonyl (C=O) groups excluding carboxylic acids is 2. The smallest absolute Gasteiger partial charge is 0.430 e. The van der Waals surface area contributed by atoms with E-state index in [1.54, 1.807) is 12.1 Å². The monoisotopic (exact) mass is 659 g/mol. The van der Waals surface area contributed by atoms with Gasteiger partial charge in [0.05, 0.1) is 18.8 Å². The number of alkyl halides is 6. The summed E-state index contributed by atoms with van der Waals surface area (Å²) >= 11 is 0. The van der Waals surface area contributed by atoms with E-state index in [1.807, 2.05) is 23.9 Å². The molecule has 1 aliphatic rings. The number of rotatable bonds is 9. The van der Waals surface area contributed by atoms with Gasteiger partial charge in [-0.15, -0.1) is 0 Å². The molecule has 0 spiro atoms. The highest BCUT2D eigenvalue weighted by molar-refractivity contribution is 5.95. The van der Waals surface area contributed by atoms with Crippen LogP contribution in [0.5, 0.6) is 0 Å². The fourth-order valence-electron chi connectivity index (χ4n) is 4.89. The van der Waals surface area contributed by atoms with Gasteiger partial charge < -0.3 is 30.0 Å². The SMILES string of the molecule is CN(C)Cc1ccc(CNC(=O)Nc2ccc(C(=O)N3CCN(Cc4ccc(C(O)(C(F)(F)F)C(F)(F)F)cc4)CC3)cc2F)o1. The van der Waals surface area contributed by atoms with Crippen molar-refractivity contribution in [2.75, 3.05) is 45.6 Å². The maximum Gasteiger partial charge on any atom is 0.430 e. The normalized spacial score (nSPS) is 14.9. The second-order valence-electron chi connectivity index (χ2n) is 11.1. The molecular weight excluding hydrogens is 627 g/mol. The highest BCUT2D eigenvalue weighted by Gasteiger charge is 2.71. The van der Waals surface area contributed by atoms with Crippen LogP contribution in [0.15, 0.2) is 59.0 Å². The minimum atomic E-state index is -5.97. The van der Waals surface area contributed by atoms with Crippen LogP contribution in [0.1, 0.15) is 33.0 Å². The maximum atomic E-state index is 14.8. The number of furan rings is 1. The molecule has 250 valence electrons. The average molecular weight is 660 g/mol. The predicted molar refractivity (Wildman–Crippen MR) is 152 cm³/mol. The van der Waals surface area contributed by atoms with Crippen molar-refractivity contribution >= 4 is 17.6 Å². The van der Waals surface area contributed by atoms with Crippen molar-refractivity contribution in [2.45, 2.75) is 37.6 Å². The average Bonchev–Trinajstić information content (AvgIpc) is 3.42. The quantitative estimate of drug-likeness (QED) is 0.278. The van der Waals surface area contributed by atoms with Crippen LogP contribution in [0, 0.1) is 5.82 Å². The molecule has 3 amide bonds. The Kier molecular flexibility index (Phi) is 10.3. The number of hydrogen-bond acceptors (Lipinski definition) is 6. The van der Waals surface area contributed by atoms with Crippen molar-refractivity contribution in [1.29, 1.82) is 0 Å². The Balaban J connectivity index is 1.27. The zero-order chi connectivity index (χ0) is 33.9. The first-order chi connectivity index (χ1) is 21.5. The number of piperazine rings is 1. The molecule has 3 aromatic rings. The highest BCUT2D eigenvalue weighted by atomic mass is 19.4. The third kappa shape index (κ3) is 7.97. The van der Waals surface area contributed by atoms with Crippen molar-refractivity contribution in [2.24, 2.45) is 0 Å². The van der Waals surface area contributed by atoms with Crippen molar-refractivity contribution in [1.82, 2.24) is 20.0 Å². The number of aliphatic hydroxyl groups is 1. The van der Waals surface area contributed by atoms with Gasteiger partial charge in [0, 0.05) is 43.9 Å². The zero-order valence-electron chi connectivity index (χ0n) is 24.8. The van der Waals surface area contributed by atoms with Gasteiger partial charge in [-0.05, 0) is 50.0 Å². The lowest BCUT2D eigenvalue weighted by Gasteiger charge is -2.35. The summed E-state index contributed by atoms with van der Waals surface area (Å²) in [6.07, 6.45) is -11.9. The fraction of sp³-hybridized carbons (Fsp3) is 0.400. The molecule has 0 radical (unpaired) electrons.